The van der Waals surface area contributed by atoms with Gasteiger partial charge in [-0.05, 0) is 52.9 Å². The summed E-state index contributed by atoms with van der Waals surface area (Å²) < 4.78 is 13.9. The van der Waals surface area contributed by atoms with Crippen LogP contribution in [0.5, 0.6) is 0 Å². The van der Waals surface area contributed by atoms with Crippen LogP contribution in [0.4, 0.5) is 4.39 Å². The quantitative estimate of drug-likeness (QED) is 0.290. The molecule has 0 fully saturated rings. The zero-order chi connectivity index (χ0) is 23.9. The Labute approximate surface area is 200 Å². The third-order valence-electron chi connectivity index (χ3n) is 6.19. The van der Waals surface area contributed by atoms with Gasteiger partial charge in [-0.15, -0.1) is 0 Å². The van der Waals surface area contributed by atoms with Crippen LogP contribution in [0.15, 0.2) is 109 Å². The van der Waals surface area contributed by atoms with Crippen LogP contribution in [0.3, 0.4) is 0 Å². The summed E-state index contributed by atoms with van der Waals surface area (Å²) in [6.45, 7) is 2.71. The molecule has 0 amide bonds. The standard InChI is InChI=1S/C30H28FNO2/c1-22(24-12-6-3-7-13-24)32(21-23-10-4-2-5-11-23)29(20-30(33)34)27-16-8-14-25(18-27)26-15-9-17-28(31)19-26/h2-19,22,29H,20-21H2,1H3,(H,33,34)/t22-,29?/m1/s1. The lowest BCUT2D eigenvalue weighted by molar-refractivity contribution is -0.138. The van der Waals surface area contributed by atoms with Crippen molar-refractivity contribution in [1.29, 1.82) is 0 Å². The Bertz CT molecular complexity index is 1230. The molecule has 0 saturated carbocycles. The molecule has 4 heteroatoms. The number of hydrogen-bond donors (Lipinski definition) is 1. The number of aliphatic carboxylic acids is 1. The first kappa shape index (κ1) is 23.4. The van der Waals surface area contributed by atoms with Gasteiger partial charge in [0.2, 0.25) is 0 Å². The number of hydrogen-bond acceptors (Lipinski definition) is 2. The Kier molecular flexibility index (Phi) is 7.51. The Morgan fingerprint density at radius 3 is 2.03 bits per heavy atom. The molecule has 0 aliphatic carbocycles. The van der Waals surface area contributed by atoms with E-state index in [-0.39, 0.29) is 24.3 Å². The highest BCUT2D eigenvalue weighted by Crippen LogP contribution is 2.36. The van der Waals surface area contributed by atoms with Crippen molar-refractivity contribution < 1.29 is 14.3 Å². The fourth-order valence-electron chi connectivity index (χ4n) is 4.42. The summed E-state index contributed by atoms with van der Waals surface area (Å²) in [7, 11) is 0. The van der Waals surface area contributed by atoms with Crippen molar-refractivity contribution >= 4 is 5.97 Å². The molecule has 3 nitrogen and oxygen atoms in total. The predicted molar refractivity (Wildman–Crippen MR) is 134 cm³/mol. The van der Waals surface area contributed by atoms with Crippen LogP contribution >= 0.6 is 0 Å². The zero-order valence-electron chi connectivity index (χ0n) is 19.1. The molecule has 0 radical (unpaired) electrons. The summed E-state index contributed by atoms with van der Waals surface area (Å²) in [6.07, 6.45) is -0.0450. The van der Waals surface area contributed by atoms with Gasteiger partial charge in [-0.25, -0.2) is 4.39 Å². The zero-order valence-corrected chi connectivity index (χ0v) is 19.1. The van der Waals surface area contributed by atoms with Crippen LogP contribution in [0.25, 0.3) is 11.1 Å². The van der Waals surface area contributed by atoms with Crippen molar-refractivity contribution in [3.63, 3.8) is 0 Å². The second kappa shape index (κ2) is 10.9. The number of nitrogens with zero attached hydrogens (tertiary/aromatic N) is 1. The van der Waals surface area contributed by atoms with E-state index in [1.54, 1.807) is 6.07 Å². The van der Waals surface area contributed by atoms with Gasteiger partial charge in [-0.1, -0.05) is 91.0 Å². The number of carboxylic acid groups (broad SMARTS) is 1. The first-order chi connectivity index (χ1) is 16.5. The van der Waals surface area contributed by atoms with Crippen molar-refractivity contribution in [2.75, 3.05) is 0 Å². The molecule has 0 saturated heterocycles. The number of carboxylic acids is 1. The van der Waals surface area contributed by atoms with Gasteiger partial charge in [0.15, 0.2) is 0 Å². The fourth-order valence-corrected chi connectivity index (χ4v) is 4.42. The first-order valence-electron chi connectivity index (χ1n) is 11.4. The third kappa shape index (κ3) is 5.77. The van der Waals surface area contributed by atoms with Crippen molar-refractivity contribution in [3.05, 3.63) is 132 Å². The maximum Gasteiger partial charge on any atom is 0.305 e. The molecule has 1 unspecified atom stereocenters. The monoisotopic (exact) mass is 453 g/mol. The summed E-state index contributed by atoms with van der Waals surface area (Å²) >= 11 is 0. The van der Waals surface area contributed by atoms with E-state index in [9.17, 15) is 14.3 Å². The minimum atomic E-state index is -0.862. The van der Waals surface area contributed by atoms with E-state index in [4.69, 9.17) is 0 Å². The Balaban J connectivity index is 1.78. The summed E-state index contributed by atoms with van der Waals surface area (Å²) in [4.78, 5) is 14.3. The molecule has 0 heterocycles. The molecule has 34 heavy (non-hydrogen) atoms. The second-order valence-corrected chi connectivity index (χ2v) is 8.49. The highest BCUT2D eigenvalue weighted by Gasteiger charge is 2.28. The fraction of sp³-hybridized carbons (Fsp3) is 0.167. The predicted octanol–water partition coefficient (Wildman–Crippen LogP) is 7.27. The Morgan fingerprint density at radius 2 is 1.38 bits per heavy atom. The van der Waals surface area contributed by atoms with E-state index in [1.807, 2.05) is 66.7 Å². The first-order valence-corrected chi connectivity index (χ1v) is 11.4. The lowest BCUT2D eigenvalue weighted by Gasteiger charge is -2.37. The molecule has 2 atom stereocenters. The van der Waals surface area contributed by atoms with E-state index in [2.05, 4.69) is 36.1 Å². The van der Waals surface area contributed by atoms with Crippen LogP contribution < -0.4 is 0 Å². The molecule has 0 aliphatic heterocycles. The van der Waals surface area contributed by atoms with Gasteiger partial charge in [0.05, 0.1) is 6.42 Å². The molecule has 4 rings (SSSR count). The summed E-state index contributed by atoms with van der Waals surface area (Å²) in [5.41, 5.74) is 4.75. The van der Waals surface area contributed by atoms with E-state index in [1.165, 1.54) is 12.1 Å². The Morgan fingerprint density at radius 1 is 0.794 bits per heavy atom. The van der Waals surface area contributed by atoms with Gasteiger partial charge in [0.25, 0.3) is 0 Å². The van der Waals surface area contributed by atoms with Gasteiger partial charge in [0, 0.05) is 18.6 Å². The average molecular weight is 454 g/mol. The lowest BCUT2D eigenvalue weighted by Crippen LogP contribution is -2.32. The van der Waals surface area contributed by atoms with E-state index >= 15 is 0 Å². The molecular weight excluding hydrogens is 425 g/mol. The average Bonchev–Trinajstić information content (AvgIpc) is 2.87. The van der Waals surface area contributed by atoms with E-state index < -0.39 is 5.97 Å². The molecule has 4 aromatic carbocycles. The van der Waals surface area contributed by atoms with Crippen LogP contribution in [0.1, 0.15) is 42.1 Å². The SMILES string of the molecule is C[C@H](c1ccccc1)N(Cc1ccccc1)C(CC(=O)O)c1cccc(-c2cccc(F)c2)c1. The third-order valence-corrected chi connectivity index (χ3v) is 6.19. The second-order valence-electron chi connectivity index (χ2n) is 8.49. The van der Waals surface area contributed by atoms with Crippen LogP contribution in [-0.4, -0.2) is 16.0 Å². The van der Waals surface area contributed by atoms with Crippen molar-refractivity contribution in [2.24, 2.45) is 0 Å². The highest BCUT2D eigenvalue weighted by molar-refractivity contribution is 5.69. The summed E-state index contributed by atoms with van der Waals surface area (Å²) in [5.74, 6) is -1.16. The molecule has 0 bridgehead atoms. The lowest BCUT2D eigenvalue weighted by atomic mass is 9.94. The van der Waals surface area contributed by atoms with Crippen molar-refractivity contribution in [2.45, 2.75) is 32.0 Å². The van der Waals surface area contributed by atoms with E-state index in [0.29, 0.717) is 6.54 Å². The molecular formula is C30H28FNO2. The molecule has 0 aromatic heterocycles. The molecule has 1 N–H and O–H groups in total. The minimum Gasteiger partial charge on any atom is -0.481 e. The number of halogens is 1. The van der Waals surface area contributed by atoms with Crippen LogP contribution in [-0.2, 0) is 11.3 Å². The Hall–Kier alpha value is -3.76. The number of carbonyl (C=O) groups is 1. The maximum absolute atomic E-state index is 13.9. The number of rotatable bonds is 9. The normalized spacial score (nSPS) is 12.9. The van der Waals surface area contributed by atoms with Gasteiger partial charge in [-0.3, -0.25) is 9.69 Å². The van der Waals surface area contributed by atoms with Gasteiger partial charge in [-0.2, -0.15) is 0 Å². The molecule has 4 aromatic rings. The number of benzene rings is 4. The topological polar surface area (TPSA) is 40.5 Å². The van der Waals surface area contributed by atoms with Gasteiger partial charge < -0.3 is 5.11 Å². The smallest absolute Gasteiger partial charge is 0.305 e. The van der Waals surface area contributed by atoms with Crippen molar-refractivity contribution in [3.8, 4) is 11.1 Å². The van der Waals surface area contributed by atoms with Crippen LogP contribution in [0.2, 0.25) is 0 Å². The van der Waals surface area contributed by atoms with E-state index in [0.717, 1.165) is 27.8 Å². The van der Waals surface area contributed by atoms with Crippen LogP contribution in [0, 0.1) is 5.82 Å². The molecule has 0 aliphatic rings. The minimum absolute atomic E-state index is 0.0245. The summed E-state index contributed by atoms with van der Waals surface area (Å²) in [6, 6.07) is 34.1. The highest BCUT2D eigenvalue weighted by atomic mass is 19.1. The van der Waals surface area contributed by atoms with Crippen molar-refractivity contribution in [1.82, 2.24) is 4.90 Å². The molecule has 0 spiro atoms. The van der Waals surface area contributed by atoms with Gasteiger partial charge in [0.1, 0.15) is 5.82 Å². The summed E-state index contributed by atoms with van der Waals surface area (Å²) in [5, 5.41) is 9.86. The largest absolute Gasteiger partial charge is 0.481 e. The maximum atomic E-state index is 13.9. The van der Waals surface area contributed by atoms with Gasteiger partial charge >= 0.3 is 5.97 Å². The molecule has 172 valence electrons.